The highest BCUT2D eigenvalue weighted by Gasteiger charge is 2.40. The van der Waals surface area contributed by atoms with Gasteiger partial charge in [-0.25, -0.2) is 8.42 Å². The van der Waals surface area contributed by atoms with Crippen molar-refractivity contribution in [2.75, 3.05) is 30.4 Å². The zero-order valence-corrected chi connectivity index (χ0v) is 19.7. The van der Waals surface area contributed by atoms with Crippen LogP contribution in [0.1, 0.15) is 18.0 Å². The quantitative estimate of drug-likeness (QED) is 0.597. The zero-order valence-electron chi connectivity index (χ0n) is 18.1. The maximum Gasteiger partial charge on any atom is 0.274 e. The van der Waals surface area contributed by atoms with Gasteiger partial charge in [0, 0.05) is 42.8 Å². The van der Waals surface area contributed by atoms with Gasteiger partial charge in [-0.2, -0.15) is 16.1 Å². The lowest BCUT2D eigenvalue weighted by atomic mass is 9.84. The number of hydrogen-bond donors (Lipinski definition) is 1. The number of sulfonamides is 1. The highest BCUT2D eigenvalue weighted by atomic mass is 32.2. The molecule has 2 aliphatic rings. The fourth-order valence-corrected chi connectivity index (χ4v) is 7.00. The molecule has 2 aromatic heterocycles. The number of aromatic nitrogens is 2. The summed E-state index contributed by atoms with van der Waals surface area (Å²) in [7, 11) is -3.75. The molecule has 172 valence electrons. The molecule has 10 heteroatoms. The number of anilines is 1. The fourth-order valence-electron chi connectivity index (χ4n) is 4.93. The van der Waals surface area contributed by atoms with Gasteiger partial charge in [-0.3, -0.25) is 14.6 Å². The molecule has 33 heavy (non-hydrogen) atoms. The van der Waals surface area contributed by atoms with Crippen LogP contribution in [-0.4, -0.2) is 53.3 Å². The van der Waals surface area contributed by atoms with Crippen LogP contribution in [0.2, 0.25) is 0 Å². The van der Waals surface area contributed by atoms with Gasteiger partial charge in [0.25, 0.3) is 5.56 Å². The Morgan fingerprint density at radius 1 is 1.15 bits per heavy atom. The van der Waals surface area contributed by atoms with E-state index in [4.69, 9.17) is 0 Å². The fraction of sp³-hybridized carbons (Fsp3) is 0.348. The predicted octanol–water partition coefficient (Wildman–Crippen LogP) is 2.51. The summed E-state index contributed by atoms with van der Waals surface area (Å²) in [5, 5.41) is 3.47. The molecule has 1 saturated heterocycles. The van der Waals surface area contributed by atoms with Crippen LogP contribution in [0.15, 0.2) is 58.4 Å². The van der Waals surface area contributed by atoms with E-state index >= 15 is 0 Å². The molecule has 0 saturated carbocycles. The molecule has 2 aliphatic heterocycles. The van der Waals surface area contributed by atoms with E-state index in [1.165, 1.54) is 16.1 Å². The third-order valence-corrected chi connectivity index (χ3v) is 8.75. The lowest BCUT2D eigenvalue weighted by Crippen LogP contribution is -2.49. The molecule has 1 fully saturated rings. The van der Waals surface area contributed by atoms with Crippen LogP contribution in [0.25, 0.3) is 10.9 Å². The number of carbonyl (C=O) groups excluding carboxylic acids is 1. The maximum absolute atomic E-state index is 13.6. The first-order valence-electron chi connectivity index (χ1n) is 10.7. The van der Waals surface area contributed by atoms with Crippen molar-refractivity contribution < 1.29 is 13.2 Å². The van der Waals surface area contributed by atoms with E-state index < -0.39 is 10.0 Å². The molecule has 8 nitrogen and oxygen atoms in total. The van der Waals surface area contributed by atoms with E-state index in [-0.39, 0.29) is 39.6 Å². The van der Waals surface area contributed by atoms with E-state index in [1.807, 2.05) is 24.5 Å². The van der Waals surface area contributed by atoms with Crippen LogP contribution >= 0.6 is 11.8 Å². The minimum Gasteiger partial charge on any atom is -0.321 e. The first kappa shape index (κ1) is 22.1. The third kappa shape index (κ3) is 3.96. The molecule has 4 heterocycles. The Morgan fingerprint density at radius 2 is 1.97 bits per heavy atom. The minimum atomic E-state index is -3.75. The highest BCUT2D eigenvalue weighted by molar-refractivity contribution is 7.99. The molecule has 1 amide bonds. The Hall–Kier alpha value is -2.69. The SMILES string of the molecule is CSCC(=O)Nc1ccc2n(c1=O)C[C@H]1C[C@@H]2CN(S(=O)(=O)c2cccc3cccnc23)C1. The van der Waals surface area contributed by atoms with Crippen LogP contribution in [0.5, 0.6) is 0 Å². The first-order chi connectivity index (χ1) is 15.9. The summed E-state index contributed by atoms with van der Waals surface area (Å²) in [6.45, 7) is 1.08. The van der Waals surface area contributed by atoms with E-state index in [0.29, 0.717) is 25.2 Å². The summed E-state index contributed by atoms with van der Waals surface area (Å²) in [4.78, 5) is 29.5. The number of thioether (sulfide) groups is 1. The predicted molar refractivity (Wildman–Crippen MR) is 129 cm³/mol. The monoisotopic (exact) mass is 484 g/mol. The molecule has 0 spiro atoms. The summed E-state index contributed by atoms with van der Waals surface area (Å²) in [5.41, 5.74) is 1.32. The second-order valence-corrected chi connectivity index (χ2v) is 11.3. The largest absolute Gasteiger partial charge is 0.321 e. The number of nitrogens with zero attached hydrogens (tertiary/aromatic N) is 3. The van der Waals surface area contributed by atoms with Gasteiger partial charge in [0.05, 0.1) is 11.3 Å². The number of para-hydroxylation sites is 1. The standard InChI is InChI=1S/C23H24N4O4S2/c1-32-14-21(28)25-18-7-8-19-17-10-15(12-27(19)23(18)29)11-26(13-17)33(30,31)20-6-2-4-16-5-3-9-24-22(16)20/h2-9,15,17H,10-14H2,1H3,(H,25,28)/t15-,17+/m0/s1. The van der Waals surface area contributed by atoms with Crippen molar-refractivity contribution in [2.45, 2.75) is 23.8 Å². The van der Waals surface area contributed by atoms with E-state index in [1.54, 1.807) is 35.0 Å². The van der Waals surface area contributed by atoms with Crippen LogP contribution in [0.3, 0.4) is 0 Å². The van der Waals surface area contributed by atoms with Crippen molar-refractivity contribution in [3.05, 3.63) is 64.7 Å². The van der Waals surface area contributed by atoms with Crippen molar-refractivity contribution in [3.8, 4) is 0 Å². The number of benzene rings is 1. The average Bonchev–Trinajstić information content (AvgIpc) is 2.81. The second kappa shape index (κ2) is 8.58. The number of fused-ring (bicyclic) bond motifs is 5. The minimum absolute atomic E-state index is 0.0174. The van der Waals surface area contributed by atoms with Gasteiger partial charge in [-0.1, -0.05) is 18.2 Å². The van der Waals surface area contributed by atoms with E-state index in [9.17, 15) is 18.0 Å². The van der Waals surface area contributed by atoms with Crippen molar-refractivity contribution in [2.24, 2.45) is 5.92 Å². The first-order valence-corrected chi connectivity index (χ1v) is 13.6. The Labute approximate surface area is 196 Å². The van der Waals surface area contributed by atoms with E-state index in [0.717, 1.165) is 17.5 Å². The van der Waals surface area contributed by atoms with Crippen LogP contribution in [0.4, 0.5) is 5.69 Å². The van der Waals surface area contributed by atoms with Gasteiger partial charge in [0.15, 0.2) is 0 Å². The molecule has 1 aromatic carbocycles. The molecule has 2 atom stereocenters. The van der Waals surface area contributed by atoms with Crippen LogP contribution in [0, 0.1) is 5.92 Å². The number of nitrogens with one attached hydrogen (secondary N) is 1. The van der Waals surface area contributed by atoms with Gasteiger partial charge >= 0.3 is 0 Å². The van der Waals surface area contributed by atoms with Crippen molar-refractivity contribution in [3.63, 3.8) is 0 Å². The molecule has 3 aromatic rings. The number of pyridine rings is 2. The lowest BCUT2D eigenvalue weighted by Gasteiger charge is -2.42. The molecule has 0 unspecified atom stereocenters. The summed E-state index contributed by atoms with van der Waals surface area (Å²) in [6.07, 6.45) is 4.26. The summed E-state index contributed by atoms with van der Waals surface area (Å²) in [6, 6.07) is 12.3. The smallest absolute Gasteiger partial charge is 0.274 e. The number of hydrogen-bond acceptors (Lipinski definition) is 6. The Bertz CT molecular complexity index is 1400. The summed E-state index contributed by atoms with van der Waals surface area (Å²) < 4.78 is 30.5. The van der Waals surface area contributed by atoms with Gasteiger partial charge in [-0.05, 0) is 42.9 Å². The third-order valence-electron chi connectivity index (χ3n) is 6.33. The van der Waals surface area contributed by atoms with Gasteiger partial charge < -0.3 is 9.88 Å². The number of piperidine rings is 1. The maximum atomic E-state index is 13.6. The number of amides is 1. The van der Waals surface area contributed by atoms with Crippen LogP contribution in [-0.2, 0) is 21.4 Å². The normalized spacial score (nSPS) is 20.4. The topological polar surface area (TPSA) is 101 Å². The van der Waals surface area contributed by atoms with Crippen molar-refractivity contribution >= 4 is 44.3 Å². The van der Waals surface area contributed by atoms with Gasteiger partial charge in [-0.15, -0.1) is 0 Å². The number of carbonyl (C=O) groups is 1. The van der Waals surface area contributed by atoms with Crippen molar-refractivity contribution in [1.82, 2.24) is 13.9 Å². The highest BCUT2D eigenvalue weighted by Crippen LogP contribution is 2.38. The zero-order chi connectivity index (χ0) is 23.2. The van der Waals surface area contributed by atoms with Crippen molar-refractivity contribution in [1.29, 1.82) is 0 Å². The Balaban J connectivity index is 1.46. The molecule has 0 radical (unpaired) electrons. The molecular weight excluding hydrogens is 460 g/mol. The molecule has 2 bridgehead atoms. The summed E-state index contributed by atoms with van der Waals surface area (Å²) >= 11 is 1.39. The summed E-state index contributed by atoms with van der Waals surface area (Å²) in [5.74, 6) is 0.00207. The van der Waals surface area contributed by atoms with Crippen LogP contribution < -0.4 is 10.9 Å². The van der Waals surface area contributed by atoms with Gasteiger partial charge in [0.1, 0.15) is 10.6 Å². The Morgan fingerprint density at radius 3 is 2.79 bits per heavy atom. The molecule has 0 aliphatic carbocycles. The van der Waals surface area contributed by atoms with E-state index in [2.05, 4.69) is 10.3 Å². The average molecular weight is 485 g/mol. The lowest BCUT2D eigenvalue weighted by molar-refractivity contribution is -0.113. The molecule has 5 rings (SSSR count). The molecular formula is C23H24N4O4S2. The Kier molecular flexibility index (Phi) is 5.75. The molecule has 1 N–H and O–H groups in total. The number of rotatable bonds is 5. The second-order valence-electron chi connectivity index (χ2n) is 8.52. The van der Waals surface area contributed by atoms with Gasteiger partial charge in [0.2, 0.25) is 15.9 Å².